The summed E-state index contributed by atoms with van der Waals surface area (Å²) in [7, 11) is 0. The number of aromatic nitrogens is 1. The van der Waals surface area contributed by atoms with Crippen LogP contribution in [-0.4, -0.2) is 29.0 Å². The lowest BCUT2D eigenvalue weighted by atomic mass is 10.2. The number of anilines is 1. The number of rotatable bonds is 4. The molecule has 0 saturated carbocycles. The predicted molar refractivity (Wildman–Crippen MR) is 78.0 cm³/mol. The average molecular weight is 253 g/mol. The number of likely N-dealkylation sites (tertiary alicyclic amines) is 1. The van der Waals surface area contributed by atoms with Crippen LogP contribution in [0, 0.1) is 0 Å². The van der Waals surface area contributed by atoms with Gasteiger partial charge in [0.2, 0.25) is 0 Å². The molecule has 2 heterocycles. The second-order valence-corrected chi connectivity index (χ2v) is 5.09. The third-order valence-electron chi connectivity index (χ3n) is 3.55. The Morgan fingerprint density at radius 1 is 1.16 bits per heavy atom. The van der Waals surface area contributed by atoms with Gasteiger partial charge in [-0.15, -0.1) is 0 Å². The molecule has 1 fully saturated rings. The summed E-state index contributed by atoms with van der Waals surface area (Å²) in [6.45, 7) is 3.31. The Bertz CT molecular complexity index is 450. The average Bonchev–Trinajstić information content (AvgIpc) is 2.88. The van der Waals surface area contributed by atoms with Crippen molar-refractivity contribution in [3.8, 4) is 0 Å². The number of nitrogens with zero attached hydrogens (tertiary/aromatic N) is 2. The number of nitrogens with one attached hydrogen (secondary N) is 1. The second kappa shape index (κ2) is 5.85. The summed E-state index contributed by atoms with van der Waals surface area (Å²) in [5.74, 6) is 0. The fourth-order valence-corrected chi connectivity index (χ4v) is 2.62. The van der Waals surface area contributed by atoms with Gasteiger partial charge in [-0.05, 0) is 24.1 Å². The maximum atomic E-state index is 4.14. The fourth-order valence-electron chi connectivity index (χ4n) is 2.62. The second-order valence-electron chi connectivity index (χ2n) is 5.09. The Kier molecular flexibility index (Phi) is 3.75. The van der Waals surface area contributed by atoms with E-state index in [1.807, 2.05) is 18.5 Å². The van der Waals surface area contributed by atoms with Crippen molar-refractivity contribution in [1.82, 2.24) is 9.88 Å². The monoisotopic (exact) mass is 253 g/mol. The van der Waals surface area contributed by atoms with Gasteiger partial charge in [-0.1, -0.05) is 30.3 Å². The van der Waals surface area contributed by atoms with Crippen molar-refractivity contribution in [2.75, 3.05) is 18.4 Å². The molecule has 98 valence electrons. The molecular weight excluding hydrogens is 234 g/mol. The largest absolute Gasteiger partial charge is 0.380 e. The Balaban J connectivity index is 1.53. The molecule has 1 aromatic carbocycles. The Morgan fingerprint density at radius 2 is 2.05 bits per heavy atom. The van der Waals surface area contributed by atoms with Gasteiger partial charge in [0.25, 0.3) is 0 Å². The van der Waals surface area contributed by atoms with Gasteiger partial charge in [-0.2, -0.15) is 0 Å². The zero-order chi connectivity index (χ0) is 12.9. The van der Waals surface area contributed by atoms with Crippen LogP contribution in [0.15, 0.2) is 54.9 Å². The van der Waals surface area contributed by atoms with Crippen LogP contribution in [0.3, 0.4) is 0 Å². The summed E-state index contributed by atoms with van der Waals surface area (Å²) in [4.78, 5) is 6.64. The van der Waals surface area contributed by atoms with Crippen LogP contribution in [-0.2, 0) is 6.54 Å². The Morgan fingerprint density at radius 3 is 2.84 bits per heavy atom. The van der Waals surface area contributed by atoms with Crippen molar-refractivity contribution >= 4 is 5.69 Å². The molecule has 3 nitrogen and oxygen atoms in total. The maximum absolute atomic E-state index is 4.14. The summed E-state index contributed by atoms with van der Waals surface area (Å²) in [5.41, 5.74) is 2.51. The Labute approximate surface area is 114 Å². The van der Waals surface area contributed by atoms with E-state index in [4.69, 9.17) is 0 Å². The van der Waals surface area contributed by atoms with Crippen molar-refractivity contribution < 1.29 is 0 Å². The van der Waals surface area contributed by atoms with E-state index >= 15 is 0 Å². The van der Waals surface area contributed by atoms with Gasteiger partial charge in [-0.3, -0.25) is 9.88 Å². The maximum Gasteiger partial charge on any atom is 0.0529 e. The van der Waals surface area contributed by atoms with E-state index in [1.54, 1.807) is 0 Å². The molecule has 0 amide bonds. The minimum Gasteiger partial charge on any atom is -0.380 e. The molecule has 0 spiro atoms. The zero-order valence-electron chi connectivity index (χ0n) is 11.0. The normalized spacial score (nSPS) is 19.5. The SMILES string of the molecule is c1ccc(CN2CCC(Nc3cccnc3)C2)cc1. The van der Waals surface area contributed by atoms with E-state index in [0.717, 1.165) is 25.3 Å². The molecule has 1 saturated heterocycles. The molecule has 1 aromatic heterocycles. The molecule has 19 heavy (non-hydrogen) atoms. The third kappa shape index (κ3) is 3.32. The van der Waals surface area contributed by atoms with Crippen molar-refractivity contribution in [2.24, 2.45) is 0 Å². The van der Waals surface area contributed by atoms with Crippen molar-refractivity contribution in [1.29, 1.82) is 0 Å². The van der Waals surface area contributed by atoms with Crippen LogP contribution < -0.4 is 5.32 Å². The number of pyridine rings is 1. The lowest BCUT2D eigenvalue weighted by Gasteiger charge is -2.17. The highest BCUT2D eigenvalue weighted by Gasteiger charge is 2.22. The van der Waals surface area contributed by atoms with Crippen molar-refractivity contribution in [3.63, 3.8) is 0 Å². The van der Waals surface area contributed by atoms with Crippen LogP contribution in [0.4, 0.5) is 5.69 Å². The smallest absolute Gasteiger partial charge is 0.0529 e. The molecule has 1 unspecified atom stereocenters. The summed E-state index contributed by atoms with van der Waals surface area (Å²) < 4.78 is 0. The third-order valence-corrected chi connectivity index (χ3v) is 3.55. The molecule has 1 aliphatic heterocycles. The fraction of sp³-hybridized carbons (Fsp3) is 0.312. The summed E-state index contributed by atoms with van der Waals surface area (Å²) in [6, 6.07) is 15.3. The van der Waals surface area contributed by atoms with Gasteiger partial charge < -0.3 is 5.32 Å². The molecule has 0 bridgehead atoms. The van der Waals surface area contributed by atoms with Crippen molar-refractivity contribution in [2.45, 2.75) is 19.0 Å². The first-order chi connectivity index (χ1) is 9.40. The minimum atomic E-state index is 0.535. The van der Waals surface area contributed by atoms with E-state index in [-0.39, 0.29) is 0 Å². The molecule has 3 rings (SSSR count). The first kappa shape index (κ1) is 12.2. The predicted octanol–water partition coefficient (Wildman–Crippen LogP) is 2.77. The lowest BCUT2D eigenvalue weighted by Crippen LogP contribution is -2.25. The highest BCUT2D eigenvalue weighted by atomic mass is 15.2. The van der Waals surface area contributed by atoms with E-state index < -0.39 is 0 Å². The first-order valence-electron chi connectivity index (χ1n) is 6.83. The molecule has 1 aliphatic rings. The van der Waals surface area contributed by atoms with Crippen LogP contribution >= 0.6 is 0 Å². The Hall–Kier alpha value is -1.87. The topological polar surface area (TPSA) is 28.2 Å². The van der Waals surface area contributed by atoms with E-state index in [9.17, 15) is 0 Å². The first-order valence-corrected chi connectivity index (χ1v) is 6.83. The van der Waals surface area contributed by atoms with E-state index in [0.29, 0.717) is 6.04 Å². The van der Waals surface area contributed by atoms with Crippen molar-refractivity contribution in [3.05, 3.63) is 60.4 Å². The van der Waals surface area contributed by atoms with Gasteiger partial charge in [0.15, 0.2) is 0 Å². The number of hydrogen-bond donors (Lipinski definition) is 1. The lowest BCUT2D eigenvalue weighted by molar-refractivity contribution is 0.328. The van der Waals surface area contributed by atoms with Crippen LogP contribution in [0.5, 0.6) is 0 Å². The van der Waals surface area contributed by atoms with Gasteiger partial charge in [0.1, 0.15) is 0 Å². The molecule has 0 aliphatic carbocycles. The van der Waals surface area contributed by atoms with Gasteiger partial charge in [0.05, 0.1) is 5.69 Å². The standard InChI is InChI=1S/C16H19N3/c1-2-5-14(6-3-1)12-19-10-8-16(13-19)18-15-7-4-9-17-11-15/h1-7,9,11,16,18H,8,10,12-13H2. The zero-order valence-corrected chi connectivity index (χ0v) is 11.0. The quantitative estimate of drug-likeness (QED) is 0.908. The molecular formula is C16H19N3. The summed E-state index contributed by atoms with van der Waals surface area (Å²) >= 11 is 0. The highest BCUT2D eigenvalue weighted by Crippen LogP contribution is 2.17. The number of hydrogen-bond acceptors (Lipinski definition) is 3. The van der Waals surface area contributed by atoms with Crippen LogP contribution in [0.1, 0.15) is 12.0 Å². The highest BCUT2D eigenvalue weighted by molar-refractivity contribution is 5.41. The van der Waals surface area contributed by atoms with Gasteiger partial charge in [0, 0.05) is 38.1 Å². The molecule has 3 heteroatoms. The summed E-state index contributed by atoms with van der Waals surface area (Å²) in [5, 5.41) is 3.55. The van der Waals surface area contributed by atoms with Crippen LogP contribution in [0.2, 0.25) is 0 Å². The minimum absolute atomic E-state index is 0.535. The molecule has 0 radical (unpaired) electrons. The van der Waals surface area contributed by atoms with Gasteiger partial charge >= 0.3 is 0 Å². The van der Waals surface area contributed by atoms with E-state index in [2.05, 4.69) is 51.6 Å². The van der Waals surface area contributed by atoms with E-state index in [1.165, 1.54) is 12.0 Å². The number of benzene rings is 1. The summed E-state index contributed by atoms with van der Waals surface area (Å²) in [6.07, 6.45) is 4.89. The van der Waals surface area contributed by atoms with Gasteiger partial charge in [-0.25, -0.2) is 0 Å². The molecule has 2 aromatic rings. The molecule has 1 N–H and O–H groups in total. The molecule has 1 atom stereocenters. The van der Waals surface area contributed by atoms with Crippen LogP contribution in [0.25, 0.3) is 0 Å².